The first kappa shape index (κ1) is 18.1. The molecule has 7 nitrogen and oxygen atoms in total. The molecule has 0 radical (unpaired) electrons. The zero-order valence-corrected chi connectivity index (χ0v) is 14.9. The fraction of sp³-hybridized carbons (Fsp3) is 0.500. The highest BCUT2D eigenvalue weighted by molar-refractivity contribution is 7.18. The van der Waals surface area contributed by atoms with Crippen LogP contribution in [0.2, 0.25) is 0 Å². The van der Waals surface area contributed by atoms with Gasteiger partial charge in [0.25, 0.3) is 5.56 Å². The number of thiophene rings is 1. The molecule has 2 aromatic rings. The number of carboxylic acids is 1. The van der Waals surface area contributed by atoms with E-state index in [0.29, 0.717) is 16.0 Å². The number of aryl methyl sites for hydroxylation is 3. The van der Waals surface area contributed by atoms with E-state index in [4.69, 9.17) is 5.11 Å². The second-order valence-electron chi connectivity index (χ2n) is 6.10. The summed E-state index contributed by atoms with van der Waals surface area (Å²) in [4.78, 5) is 44.0. The highest BCUT2D eigenvalue weighted by Crippen LogP contribution is 2.25. The average Bonchev–Trinajstić information content (AvgIpc) is 2.77. The summed E-state index contributed by atoms with van der Waals surface area (Å²) in [5, 5.41) is 12.2. The fourth-order valence-corrected chi connectivity index (χ4v) is 3.46. The quantitative estimate of drug-likeness (QED) is 0.734. The average molecular weight is 351 g/mol. The van der Waals surface area contributed by atoms with Gasteiger partial charge >= 0.3 is 5.97 Å². The van der Waals surface area contributed by atoms with Crippen molar-refractivity contribution in [2.75, 3.05) is 0 Å². The molecule has 0 saturated heterocycles. The summed E-state index contributed by atoms with van der Waals surface area (Å²) in [5.74, 6) is -1.22. The molecule has 8 heteroatoms. The Bertz CT molecular complexity index is 838. The number of carbonyl (C=O) groups excluding carboxylic acids is 1. The molecule has 1 unspecified atom stereocenters. The Hall–Kier alpha value is -2.22. The number of hydrogen-bond donors (Lipinski definition) is 3. The lowest BCUT2D eigenvalue weighted by molar-refractivity contribution is -0.143. The van der Waals surface area contributed by atoms with Crippen LogP contribution < -0.4 is 10.9 Å². The summed E-state index contributed by atoms with van der Waals surface area (Å²) in [6, 6.07) is -0.922. The molecule has 24 heavy (non-hydrogen) atoms. The predicted molar refractivity (Wildman–Crippen MR) is 92.4 cm³/mol. The van der Waals surface area contributed by atoms with Crippen molar-refractivity contribution in [2.24, 2.45) is 5.92 Å². The molecule has 0 aliphatic rings. The van der Waals surface area contributed by atoms with Crippen LogP contribution in [0, 0.1) is 19.8 Å². The highest BCUT2D eigenvalue weighted by atomic mass is 32.1. The minimum absolute atomic E-state index is 0.0638. The number of fused-ring (bicyclic) bond motifs is 1. The lowest BCUT2D eigenvalue weighted by atomic mass is 10.0. The minimum atomic E-state index is -1.06. The van der Waals surface area contributed by atoms with Gasteiger partial charge in [-0.3, -0.25) is 9.59 Å². The number of aliphatic carboxylic acids is 1. The Balaban J connectivity index is 2.09. The number of carboxylic acid groups (broad SMARTS) is 1. The van der Waals surface area contributed by atoms with Crippen LogP contribution in [-0.4, -0.2) is 33.0 Å². The lowest BCUT2D eigenvalue weighted by Gasteiger charge is -2.17. The molecule has 1 atom stereocenters. The maximum Gasteiger partial charge on any atom is 0.326 e. The Morgan fingerprint density at radius 2 is 2.00 bits per heavy atom. The van der Waals surface area contributed by atoms with Gasteiger partial charge in [-0.15, -0.1) is 11.3 Å². The maximum atomic E-state index is 12.2. The van der Waals surface area contributed by atoms with Gasteiger partial charge in [-0.2, -0.15) is 0 Å². The van der Waals surface area contributed by atoms with Crippen molar-refractivity contribution in [3.8, 4) is 0 Å². The number of aromatic amines is 1. The molecular weight excluding hydrogens is 330 g/mol. The topological polar surface area (TPSA) is 112 Å². The summed E-state index contributed by atoms with van der Waals surface area (Å²) in [5.41, 5.74) is 0.720. The van der Waals surface area contributed by atoms with E-state index in [9.17, 15) is 14.4 Å². The normalized spacial score (nSPS) is 12.5. The van der Waals surface area contributed by atoms with Crippen LogP contribution in [0.4, 0.5) is 0 Å². The molecule has 2 rings (SSSR count). The number of nitrogens with zero attached hydrogens (tertiary/aromatic N) is 1. The van der Waals surface area contributed by atoms with E-state index in [-0.39, 0.29) is 30.2 Å². The molecule has 0 fully saturated rings. The molecule has 3 N–H and O–H groups in total. The van der Waals surface area contributed by atoms with Crippen LogP contribution in [0.1, 0.15) is 36.5 Å². The number of rotatable bonds is 6. The van der Waals surface area contributed by atoms with Crippen molar-refractivity contribution in [3.05, 3.63) is 26.6 Å². The SMILES string of the molecule is Cc1sc2nc(CCC(=O)NC(C(=O)O)C(C)C)[nH]c(=O)c2c1C. The molecule has 0 bridgehead atoms. The molecule has 2 heterocycles. The third-order valence-corrected chi connectivity index (χ3v) is 5.03. The molecule has 0 aliphatic heterocycles. The van der Waals surface area contributed by atoms with Gasteiger partial charge in [-0.1, -0.05) is 13.8 Å². The van der Waals surface area contributed by atoms with Crippen LogP contribution in [0.5, 0.6) is 0 Å². The number of amides is 1. The van der Waals surface area contributed by atoms with Gasteiger partial charge in [-0.05, 0) is 25.3 Å². The maximum absolute atomic E-state index is 12.2. The van der Waals surface area contributed by atoms with Gasteiger partial charge in [0.05, 0.1) is 5.39 Å². The molecule has 130 valence electrons. The zero-order chi connectivity index (χ0) is 18.0. The minimum Gasteiger partial charge on any atom is -0.480 e. The first-order valence-corrected chi connectivity index (χ1v) is 8.53. The zero-order valence-electron chi connectivity index (χ0n) is 14.1. The van der Waals surface area contributed by atoms with Crippen molar-refractivity contribution in [3.63, 3.8) is 0 Å². The van der Waals surface area contributed by atoms with Crippen LogP contribution in [0.25, 0.3) is 10.2 Å². The second kappa shape index (κ2) is 7.12. The van der Waals surface area contributed by atoms with Gasteiger partial charge < -0.3 is 15.4 Å². The summed E-state index contributed by atoms with van der Waals surface area (Å²) in [7, 11) is 0. The molecule has 0 saturated carbocycles. The van der Waals surface area contributed by atoms with Crippen LogP contribution >= 0.6 is 11.3 Å². The highest BCUT2D eigenvalue weighted by Gasteiger charge is 2.23. The van der Waals surface area contributed by atoms with E-state index in [1.165, 1.54) is 11.3 Å². The molecule has 1 amide bonds. The van der Waals surface area contributed by atoms with Crippen LogP contribution in [-0.2, 0) is 16.0 Å². The first-order valence-electron chi connectivity index (χ1n) is 7.71. The fourth-order valence-electron chi connectivity index (χ4n) is 2.41. The lowest BCUT2D eigenvalue weighted by Crippen LogP contribution is -2.44. The summed E-state index contributed by atoms with van der Waals surface area (Å²) in [6.07, 6.45) is 0.311. The van der Waals surface area contributed by atoms with E-state index in [2.05, 4.69) is 15.3 Å². The van der Waals surface area contributed by atoms with Crippen LogP contribution in [0.15, 0.2) is 4.79 Å². The molecule has 2 aromatic heterocycles. The number of hydrogen-bond acceptors (Lipinski definition) is 5. The van der Waals surface area contributed by atoms with Gasteiger partial charge in [-0.25, -0.2) is 9.78 Å². The van der Waals surface area contributed by atoms with Crippen molar-refractivity contribution in [1.82, 2.24) is 15.3 Å². The van der Waals surface area contributed by atoms with E-state index in [1.807, 2.05) is 13.8 Å². The van der Waals surface area contributed by atoms with Gasteiger partial charge in [0.15, 0.2) is 0 Å². The van der Waals surface area contributed by atoms with Gasteiger partial charge in [0.1, 0.15) is 16.7 Å². The van der Waals surface area contributed by atoms with E-state index >= 15 is 0 Å². The Kier molecular flexibility index (Phi) is 5.38. The standard InChI is InChI=1S/C16H21N3O4S/c1-7(2)13(16(22)23)19-11(20)6-5-10-17-14(21)12-8(3)9(4)24-15(12)18-10/h7,13H,5-6H2,1-4H3,(H,19,20)(H,22,23)(H,17,18,21). The smallest absolute Gasteiger partial charge is 0.326 e. The molecule has 0 aliphatic carbocycles. The van der Waals surface area contributed by atoms with Crippen molar-refractivity contribution in [2.45, 2.75) is 46.6 Å². The number of aromatic nitrogens is 2. The summed E-state index contributed by atoms with van der Waals surface area (Å²) >= 11 is 1.45. The predicted octanol–water partition coefficient (Wildman–Crippen LogP) is 1.76. The Morgan fingerprint density at radius 3 is 2.58 bits per heavy atom. The van der Waals surface area contributed by atoms with E-state index in [0.717, 1.165) is 10.4 Å². The monoisotopic (exact) mass is 351 g/mol. The molecule has 0 aromatic carbocycles. The summed E-state index contributed by atoms with van der Waals surface area (Å²) in [6.45, 7) is 7.28. The van der Waals surface area contributed by atoms with Crippen LogP contribution in [0.3, 0.4) is 0 Å². The van der Waals surface area contributed by atoms with Gasteiger partial charge in [0, 0.05) is 17.7 Å². The molecular formula is C16H21N3O4S. The summed E-state index contributed by atoms with van der Waals surface area (Å²) < 4.78 is 0. The van der Waals surface area contributed by atoms with Gasteiger partial charge in [0.2, 0.25) is 5.91 Å². The third-order valence-electron chi connectivity index (χ3n) is 3.93. The second-order valence-corrected chi connectivity index (χ2v) is 7.31. The van der Waals surface area contributed by atoms with Crippen molar-refractivity contribution >= 4 is 33.4 Å². The largest absolute Gasteiger partial charge is 0.480 e. The number of carbonyl (C=O) groups is 2. The number of nitrogens with one attached hydrogen (secondary N) is 2. The van der Waals surface area contributed by atoms with Crippen molar-refractivity contribution in [1.29, 1.82) is 0 Å². The Labute approximate surface area is 143 Å². The van der Waals surface area contributed by atoms with Crippen molar-refractivity contribution < 1.29 is 14.7 Å². The van der Waals surface area contributed by atoms with E-state index in [1.54, 1.807) is 13.8 Å². The Morgan fingerprint density at radius 1 is 1.33 bits per heavy atom. The molecule has 0 spiro atoms. The number of H-pyrrole nitrogens is 1. The first-order chi connectivity index (χ1) is 11.2. The third kappa shape index (κ3) is 3.81. The van der Waals surface area contributed by atoms with E-state index < -0.39 is 12.0 Å².